The molecule has 0 amide bonds. The van der Waals surface area contributed by atoms with Gasteiger partial charge < -0.3 is 21.3 Å². The average molecular weight is 237 g/mol. The van der Waals surface area contributed by atoms with Gasteiger partial charge in [0.2, 0.25) is 0 Å². The minimum Gasteiger partial charge on any atom is -0.480 e. The van der Waals surface area contributed by atoms with E-state index in [0.717, 1.165) is 0 Å². The summed E-state index contributed by atoms with van der Waals surface area (Å²) in [4.78, 5) is 11.0. The Bertz CT molecular complexity index is 394. The van der Waals surface area contributed by atoms with Crippen molar-refractivity contribution in [1.29, 1.82) is 5.41 Å². The largest absolute Gasteiger partial charge is 0.480 e. The number of nitrogens with two attached hydrogens (primary N) is 1. The van der Waals surface area contributed by atoms with Gasteiger partial charge in [0, 0.05) is 12.1 Å². The van der Waals surface area contributed by atoms with Crippen molar-refractivity contribution in [3.8, 4) is 0 Å². The molecule has 0 radical (unpaired) electrons. The van der Waals surface area contributed by atoms with E-state index in [2.05, 4.69) is 5.32 Å². The molecule has 0 spiro atoms. The number of para-hydroxylation sites is 1. The van der Waals surface area contributed by atoms with Crippen LogP contribution in [0.1, 0.15) is 6.42 Å². The molecule has 92 valence electrons. The monoisotopic (exact) mass is 237 g/mol. The fourth-order valence-electron chi connectivity index (χ4n) is 1.31. The molecule has 1 rings (SSSR count). The van der Waals surface area contributed by atoms with Crippen LogP contribution >= 0.6 is 0 Å². The standard InChI is InChI=1S/C11H15N3O3/c12-10(13)9(15)6-8(11(16)17)14-7-4-2-1-3-5-7/h1-5,8-9,14-15H,6H2,(H3,12,13)(H,16,17)/t8-,9?/m0/s1. The van der Waals surface area contributed by atoms with E-state index < -0.39 is 24.0 Å². The molecule has 2 atom stereocenters. The Labute approximate surface area is 98.6 Å². The van der Waals surface area contributed by atoms with Gasteiger partial charge >= 0.3 is 5.97 Å². The number of carbonyl (C=O) groups is 1. The Morgan fingerprint density at radius 2 is 2.00 bits per heavy atom. The fourth-order valence-corrected chi connectivity index (χ4v) is 1.31. The Hall–Kier alpha value is -2.08. The Balaban J connectivity index is 2.67. The highest BCUT2D eigenvalue weighted by molar-refractivity contribution is 5.83. The van der Waals surface area contributed by atoms with E-state index >= 15 is 0 Å². The quantitative estimate of drug-likeness (QED) is 0.358. The predicted molar refractivity (Wildman–Crippen MR) is 64.0 cm³/mol. The summed E-state index contributed by atoms with van der Waals surface area (Å²) in [5, 5.41) is 28.1. The summed E-state index contributed by atoms with van der Waals surface area (Å²) in [5.74, 6) is -1.54. The van der Waals surface area contributed by atoms with Gasteiger partial charge in [0.25, 0.3) is 0 Å². The molecule has 6 heteroatoms. The number of amidine groups is 1. The predicted octanol–water partition coefficient (Wildman–Crippen LogP) is 0.239. The Kier molecular flexibility index (Phi) is 4.47. The maximum absolute atomic E-state index is 11.0. The van der Waals surface area contributed by atoms with Crippen LogP contribution < -0.4 is 11.1 Å². The van der Waals surface area contributed by atoms with E-state index in [-0.39, 0.29) is 6.42 Å². The minimum absolute atomic E-state index is 0.153. The van der Waals surface area contributed by atoms with E-state index in [1.165, 1.54) is 0 Å². The van der Waals surface area contributed by atoms with Crippen LogP contribution in [0.15, 0.2) is 30.3 Å². The van der Waals surface area contributed by atoms with Crippen molar-refractivity contribution in [2.24, 2.45) is 5.73 Å². The van der Waals surface area contributed by atoms with Gasteiger partial charge in [-0.1, -0.05) is 18.2 Å². The molecule has 0 aromatic heterocycles. The number of benzene rings is 1. The first-order valence-electron chi connectivity index (χ1n) is 5.07. The topological polar surface area (TPSA) is 119 Å². The van der Waals surface area contributed by atoms with Gasteiger partial charge in [0.1, 0.15) is 18.0 Å². The van der Waals surface area contributed by atoms with E-state index in [1.54, 1.807) is 24.3 Å². The molecule has 0 fully saturated rings. The number of aliphatic hydroxyl groups excluding tert-OH is 1. The summed E-state index contributed by atoms with van der Waals surface area (Å²) in [7, 11) is 0. The molecule has 0 aliphatic rings. The third kappa shape index (κ3) is 4.12. The van der Waals surface area contributed by atoms with Crippen molar-refractivity contribution in [2.45, 2.75) is 18.6 Å². The summed E-state index contributed by atoms with van der Waals surface area (Å²) in [6.07, 6.45) is -1.41. The zero-order valence-corrected chi connectivity index (χ0v) is 9.13. The van der Waals surface area contributed by atoms with Crippen molar-refractivity contribution in [3.63, 3.8) is 0 Å². The number of carboxylic acid groups (broad SMARTS) is 1. The van der Waals surface area contributed by atoms with Gasteiger partial charge in [-0.15, -0.1) is 0 Å². The third-order valence-electron chi connectivity index (χ3n) is 2.23. The second-order valence-electron chi connectivity index (χ2n) is 3.61. The lowest BCUT2D eigenvalue weighted by Gasteiger charge is -2.18. The first kappa shape index (κ1) is 13.0. The zero-order chi connectivity index (χ0) is 12.8. The maximum atomic E-state index is 11.0. The summed E-state index contributed by atoms with van der Waals surface area (Å²) < 4.78 is 0. The van der Waals surface area contributed by atoms with Crippen molar-refractivity contribution in [2.75, 3.05) is 5.32 Å². The minimum atomic E-state index is -1.26. The molecular formula is C11H15N3O3. The van der Waals surface area contributed by atoms with E-state index in [0.29, 0.717) is 5.69 Å². The molecular weight excluding hydrogens is 222 g/mol. The summed E-state index contributed by atoms with van der Waals surface area (Å²) in [6.45, 7) is 0. The van der Waals surface area contributed by atoms with Crippen LogP contribution in [0.25, 0.3) is 0 Å². The SMILES string of the molecule is N=C(N)C(O)C[C@H](Nc1ccccc1)C(=O)O. The van der Waals surface area contributed by atoms with E-state index in [1.807, 2.05) is 6.07 Å². The van der Waals surface area contributed by atoms with E-state index in [9.17, 15) is 9.90 Å². The van der Waals surface area contributed by atoms with Crippen molar-refractivity contribution < 1.29 is 15.0 Å². The van der Waals surface area contributed by atoms with Crippen LogP contribution in [0, 0.1) is 5.41 Å². The highest BCUT2D eigenvalue weighted by Gasteiger charge is 2.22. The molecule has 1 aromatic carbocycles. The Morgan fingerprint density at radius 1 is 1.41 bits per heavy atom. The van der Waals surface area contributed by atoms with Gasteiger partial charge in [-0.3, -0.25) is 5.41 Å². The molecule has 0 bridgehead atoms. The number of hydrogen-bond donors (Lipinski definition) is 5. The maximum Gasteiger partial charge on any atom is 0.326 e. The van der Waals surface area contributed by atoms with Gasteiger partial charge in [0.05, 0.1) is 0 Å². The number of carboxylic acids is 1. The van der Waals surface area contributed by atoms with E-state index in [4.69, 9.17) is 16.2 Å². The second-order valence-corrected chi connectivity index (χ2v) is 3.61. The van der Waals surface area contributed by atoms with Crippen LogP contribution in [0.2, 0.25) is 0 Å². The summed E-state index contributed by atoms with van der Waals surface area (Å²) in [6, 6.07) is 7.79. The summed E-state index contributed by atoms with van der Waals surface area (Å²) >= 11 is 0. The van der Waals surface area contributed by atoms with Gasteiger partial charge in [-0.05, 0) is 12.1 Å². The van der Waals surface area contributed by atoms with Crippen LogP contribution in [0.3, 0.4) is 0 Å². The molecule has 6 N–H and O–H groups in total. The number of hydrogen-bond acceptors (Lipinski definition) is 4. The number of aliphatic carboxylic acids is 1. The van der Waals surface area contributed by atoms with Gasteiger partial charge in [0.15, 0.2) is 0 Å². The molecule has 1 unspecified atom stereocenters. The normalized spacial score (nSPS) is 13.7. The Morgan fingerprint density at radius 3 is 2.47 bits per heavy atom. The van der Waals surface area contributed by atoms with Crippen LogP contribution in [-0.2, 0) is 4.79 Å². The van der Waals surface area contributed by atoms with Crippen molar-refractivity contribution in [3.05, 3.63) is 30.3 Å². The molecule has 1 aromatic rings. The molecule has 0 heterocycles. The van der Waals surface area contributed by atoms with Crippen LogP contribution in [-0.4, -0.2) is 34.2 Å². The molecule has 0 aliphatic carbocycles. The van der Waals surface area contributed by atoms with Crippen molar-refractivity contribution >= 4 is 17.5 Å². The average Bonchev–Trinajstić information content (AvgIpc) is 2.29. The summed E-state index contributed by atoms with van der Waals surface area (Å²) in [5.41, 5.74) is 5.73. The molecule has 6 nitrogen and oxygen atoms in total. The number of rotatable bonds is 6. The number of nitrogens with one attached hydrogen (secondary N) is 2. The second kappa shape index (κ2) is 5.86. The third-order valence-corrected chi connectivity index (χ3v) is 2.23. The lowest BCUT2D eigenvalue weighted by molar-refractivity contribution is -0.138. The molecule has 0 saturated carbocycles. The van der Waals surface area contributed by atoms with Gasteiger partial charge in [-0.2, -0.15) is 0 Å². The smallest absolute Gasteiger partial charge is 0.326 e. The lowest BCUT2D eigenvalue weighted by atomic mass is 10.1. The van der Waals surface area contributed by atoms with Crippen LogP contribution in [0.5, 0.6) is 0 Å². The molecule has 17 heavy (non-hydrogen) atoms. The van der Waals surface area contributed by atoms with Crippen molar-refractivity contribution in [1.82, 2.24) is 0 Å². The first-order chi connectivity index (χ1) is 8.00. The van der Waals surface area contributed by atoms with Crippen LogP contribution in [0.4, 0.5) is 5.69 Å². The first-order valence-corrected chi connectivity index (χ1v) is 5.07. The molecule has 0 saturated heterocycles. The lowest BCUT2D eigenvalue weighted by Crippen LogP contribution is -2.38. The highest BCUT2D eigenvalue weighted by Crippen LogP contribution is 2.10. The van der Waals surface area contributed by atoms with Gasteiger partial charge in [-0.25, -0.2) is 4.79 Å². The molecule has 0 aliphatic heterocycles. The number of aliphatic hydroxyl groups is 1. The number of anilines is 1. The zero-order valence-electron chi connectivity index (χ0n) is 9.13. The highest BCUT2D eigenvalue weighted by atomic mass is 16.4. The fraction of sp³-hybridized carbons (Fsp3) is 0.273.